The van der Waals surface area contributed by atoms with E-state index in [1.807, 2.05) is 0 Å². The van der Waals surface area contributed by atoms with Crippen LogP contribution >= 0.6 is 0 Å². The van der Waals surface area contributed by atoms with Crippen LogP contribution in [0.3, 0.4) is 0 Å². The minimum atomic E-state index is -4.49. The number of amides is 1. The van der Waals surface area contributed by atoms with Gasteiger partial charge in [-0.25, -0.2) is 0 Å². The van der Waals surface area contributed by atoms with Crippen molar-refractivity contribution < 1.29 is 23.1 Å². The molecule has 0 aliphatic heterocycles. The van der Waals surface area contributed by atoms with Gasteiger partial charge in [0.2, 0.25) is 5.91 Å². The number of hydrogen-bond donors (Lipinski definition) is 2. The Kier molecular flexibility index (Phi) is 4.21. The second-order valence-electron chi connectivity index (χ2n) is 5.80. The minimum absolute atomic E-state index is 0.00560. The number of nitrogens with zero attached hydrogens (tertiary/aromatic N) is 2. The number of phenolic OH excluding ortho intramolecular Hbond substituents is 1. The van der Waals surface area contributed by atoms with Gasteiger partial charge in [0.1, 0.15) is 5.75 Å². The average Bonchev–Trinajstić information content (AvgIpc) is 3.23. The molecular formula is C16H16F3N3O2. The molecule has 3 rings (SSSR count). The molecule has 1 amide bonds. The van der Waals surface area contributed by atoms with Crippen LogP contribution in [-0.4, -0.2) is 20.8 Å². The zero-order chi connectivity index (χ0) is 17.3. The molecule has 2 N–H and O–H groups in total. The van der Waals surface area contributed by atoms with E-state index in [0.717, 1.165) is 18.9 Å². The Morgan fingerprint density at radius 2 is 2.08 bits per heavy atom. The lowest BCUT2D eigenvalue weighted by Crippen LogP contribution is -2.16. The maximum absolute atomic E-state index is 12.8. The van der Waals surface area contributed by atoms with Gasteiger partial charge in [0.25, 0.3) is 0 Å². The van der Waals surface area contributed by atoms with Crippen molar-refractivity contribution in [1.82, 2.24) is 9.78 Å². The maximum Gasteiger partial charge on any atom is 0.435 e. The van der Waals surface area contributed by atoms with Gasteiger partial charge >= 0.3 is 6.18 Å². The zero-order valence-electron chi connectivity index (χ0n) is 12.7. The minimum Gasteiger partial charge on any atom is -0.508 e. The normalized spacial score (nSPS) is 14.6. The SMILES string of the molecule is O=C(CCn1nc(C(F)(F)F)cc1C1CC1)Nc1cccc(O)c1. The second kappa shape index (κ2) is 6.18. The summed E-state index contributed by atoms with van der Waals surface area (Å²) in [6, 6.07) is 7.14. The molecule has 128 valence electrons. The number of carbonyl (C=O) groups excluding carboxylic acids is 1. The largest absolute Gasteiger partial charge is 0.508 e. The summed E-state index contributed by atoms with van der Waals surface area (Å²) in [5, 5.41) is 15.5. The second-order valence-corrected chi connectivity index (χ2v) is 5.80. The van der Waals surface area contributed by atoms with E-state index in [1.54, 1.807) is 12.1 Å². The molecule has 0 saturated heterocycles. The Bertz CT molecular complexity index is 751. The van der Waals surface area contributed by atoms with E-state index < -0.39 is 11.9 Å². The lowest BCUT2D eigenvalue weighted by atomic mass is 10.2. The van der Waals surface area contributed by atoms with E-state index in [4.69, 9.17) is 0 Å². The van der Waals surface area contributed by atoms with Crippen LogP contribution in [0.25, 0.3) is 0 Å². The van der Waals surface area contributed by atoms with Crippen LogP contribution in [0, 0.1) is 0 Å². The van der Waals surface area contributed by atoms with Crippen LogP contribution in [0.1, 0.15) is 36.6 Å². The highest BCUT2D eigenvalue weighted by atomic mass is 19.4. The van der Waals surface area contributed by atoms with Gasteiger partial charge in [0, 0.05) is 36.3 Å². The smallest absolute Gasteiger partial charge is 0.435 e. The molecule has 1 aliphatic rings. The first kappa shape index (κ1) is 16.4. The Morgan fingerprint density at radius 1 is 1.33 bits per heavy atom. The molecule has 8 heteroatoms. The summed E-state index contributed by atoms with van der Waals surface area (Å²) < 4.78 is 39.7. The van der Waals surface area contributed by atoms with Crippen molar-refractivity contribution in [3.63, 3.8) is 0 Å². The molecule has 24 heavy (non-hydrogen) atoms. The van der Waals surface area contributed by atoms with Crippen LogP contribution in [-0.2, 0) is 17.5 Å². The number of benzene rings is 1. The number of hydrogen-bond acceptors (Lipinski definition) is 3. The Balaban J connectivity index is 1.65. The standard InChI is InChI=1S/C16H16F3N3O2/c17-16(18,19)14-9-13(10-4-5-10)22(21-14)7-6-15(24)20-11-2-1-3-12(23)8-11/h1-3,8-10,23H,4-7H2,(H,20,24). The highest BCUT2D eigenvalue weighted by Gasteiger charge is 2.37. The Morgan fingerprint density at radius 3 is 2.71 bits per heavy atom. The molecule has 1 aliphatic carbocycles. The van der Waals surface area contributed by atoms with Crippen molar-refractivity contribution in [3.8, 4) is 5.75 Å². The maximum atomic E-state index is 12.8. The van der Waals surface area contributed by atoms with Crippen molar-refractivity contribution >= 4 is 11.6 Å². The molecule has 0 bridgehead atoms. The van der Waals surface area contributed by atoms with Gasteiger partial charge in [-0.15, -0.1) is 0 Å². The summed E-state index contributed by atoms with van der Waals surface area (Å²) in [5.41, 5.74) is 0.0455. The quantitative estimate of drug-likeness (QED) is 0.876. The predicted molar refractivity (Wildman–Crippen MR) is 80.6 cm³/mol. The summed E-state index contributed by atoms with van der Waals surface area (Å²) in [7, 11) is 0. The molecule has 0 unspecified atom stereocenters. The number of carbonyl (C=O) groups is 1. The van der Waals surface area contributed by atoms with Gasteiger partial charge in [-0.2, -0.15) is 18.3 Å². The summed E-state index contributed by atoms with van der Waals surface area (Å²) in [6.45, 7) is 0.0760. The highest BCUT2D eigenvalue weighted by Crippen LogP contribution is 2.42. The molecule has 0 radical (unpaired) electrons. The lowest BCUT2D eigenvalue weighted by molar-refractivity contribution is -0.141. The van der Waals surface area contributed by atoms with Crippen LogP contribution in [0.2, 0.25) is 0 Å². The van der Waals surface area contributed by atoms with E-state index in [2.05, 4.69) is 10.4 Å². The number of aryl methyl sites for hydroxylation is 1. The zero-order valence-corrected chi connectivity index (χ0v) is 12.7. The van der Waals surface area contributed by atoms with Crippen molar-refractivity contribution in [1.29, 1.82) is 0 Å². The van der Waals surface area contributed by atoms with Gasteiger partial charge < -0.3 is 10.4 Å². The monoisotopic (exact) mass is 339 g/mol. The third-order valence-electron chi connectivity index (χ3n) is 3.78. The van der Waals surface area contributed by atoms with Crippen LogP contribution in [0.4, 0.5) is 18.9 Å². The van der Waals surface area contributed by atoms with Crippen LogP contribution in [0.5, 0.6) is 5.75 Å². The van der Waals surface area contributed by atoms with Crippen molar-refractivity contribution in [2.45, 2.75) is 37.9 Å². The van der Waals surface area contributed by atoms with Crippen molar-refractivity contribution in [2.75, 3.05) is 5.32 Å². The third kappa shape index (κ3) is 3.87. The molecule has 2 aromatic rings. The fraction of sp³-hybridized carbons (Fsp3) is 0.375. The molecular weight excluding hydrogens is 323 g/mol. The number of alkyl halides is 3. The summed E-state index contributed by atoms with van der Waals surface area (Å²) in [6.07, 6.45) is -2.80. The fourth-order valence-corrected chi connectivity index (χ4v) is 2.47. The van der Waals surface area contributed by atoms with Gasteiger partial charge in [-0.3, -0.25) is 9.48 Å². The van der Waals surface area contributed by atoms with Crippen LogP contribution in [0.15, 0.2) is 30.3 Å². The van der Waals surface area contributed by atoms with Gasteiger partial charge in [0.15, 0.2) is 5.69 Å². The fourth-order valence-electron chi connectivity index (χ4n) is 2.47. The number of aromatic hydroxyl groups is 1. The van der Waals surface area contributed by atoms with E-state index >= 15 is 0 Å². The van der Waals surface area contributed by atoms with E-state index in [9.17, 15) is 23.1 Å². The van der Waals surface area contributed by atoms with Gasteiger partial charge in [0.05, 0.1) is 0 Å². The molecule has 0 spiro atoms. The first-order valence-electron chi connectivity index (χ1n) is 7.57. The number of aromatic nitrogens is 2. The number of rotatable bonds is 5. The highest BCUT2D eigenvalue weighted by molar-refractivity contribution is 5.90. The molecule has 1 aromatic carbocycles. The Hall–Kier alpha value is -2.51. The summed E-state index contributed by atoms with van der Waals surface area (Å²) in [5.74, 6) is -0.236. The molecule has 1 aromatic heterocycles. The predicted octanol–water partition coefficient (Wildman–Crippen LogP) is 3.51. The molecule has 1 heterocycles. The number of nitrogens with one attached hydrogen (secondary N) is 1. The number of phenols is 1. The van der Waals surface area contributed by atoms with Gasteiger partial charge in [-0.1, -0.05) is 6.07 Å². The van der Waals surface area contributed by atoms with Crippen LogP contribution < -0.4 is 5.32 Å². The average molecular weight is 339 g/mol. The first-order chi connectivity index (χ1) is 11.3. The van der Waals surface area contributed by atoms with Crippen molar-refractivity contribution in [2.24, 2.45) is 0 Å². The first-order valence-corrected chi connectivity index (χ1v) is 7.57. The molecule has 0 atom stereocenters. The number of halogens is 3. The summed E-state index contributed by atoms with van der Waals surface area (Å²) >= 11 is 0. The molecule has 1 saturated carbocycles. The van der Waals surface area contributed by atoms with Crippen molar-refractivity contribution in [3.05, 3.63) is 41.7 Å². The third-order valence-corrected chi connectivity index (χ3v) is 3.78. The molecule has 1 fully saturated rings. The van der Waals surface area contributed by atoms with E-state index in [0.29, 0.717) is 11.4 Å². The van der Waals surface area contributed by atoms with Gasteiger partial charge in [-0.05, 0) is 31.0 Å². The van der Waals surface area contributed by atoms with E-state index in [-0.39, 0.29) is 30.5 Å². The molecule has 5 nitrogen and oxygen atoms in total. The van der Waals surface area contributed by atoms with E-state index in [1.165, 1.54) is 16.8 Å². The lowest BCUT2D eigenvalue weighted by Gasteiger charge is -2.08. The number of anilines is 1. The topological polar surface area (TPSA) is 67.2 Å². The summed E-state index contributed by atoms with van der Waals surface area (Å²) in [4.78, 5) is 11.9. The Labute approximate surface area is 136 Å².